The number of carbonyl (C=O) groups excluding carboxylic acids is 1. The van der Waals surface area contributed by atoms with E-state index in [4.69, 9.17) is 4.74 Å². The van der Waals surface area contributed by atoms with Crippen molar-refractivity contribution in [1.29, 1.82) is 0 Å². The standard InChI is InChI=1S/C22H21FN2O4S2/c1-29-16-11-13-17(14-12-16)31(27,28)25(20-9-5-3-7-18(20)23)15-22(26)24-19-8-4-6-10-21(19)30-2/h3-14H,15H2,1-2H3,(H,24,26). The zero-order chi connectivity index (χ0) is 22.4. The molecule has 0 aliphatic carbocycles. The van der Waals surface area contributed by atoms with E-state index in [0.29, 0.717) is 11.4 Å². The highest BCUT2D eigenvalue weighted by Crippen LogP contribution is 2.28. The average molecular weight is 461 g/mol. The highest BCUT2D eigenvalue weighted by molar-refractivity contribution is 7.98. The van der Waals surface area contributed by atoms with Crippen molar-refractivity contribution >= 4 is 39.1 Å². The van der Waals surface area contributed by atoms with E-state index >= 15 is 0 Å². The molecular weight excluding hydrogens is 439 g/mol. The molecule has 0 saturated heterocycles. The molecule has 162 valence electrons. The van der Waals surface area contributed by atoms with E-state index in [9.17, 15) is 17.6 Å². The molecule has 0 aliphatic rings. The zero-order valence-corrected chi connectivity index (χ0v) is 18.5. The number of hydrogen-bond donors (Lipinski definition) is 1. The predicted molar refractivity (Wildman–Crippen MR) is 121 cm³/mol. The number of nitrogens with one attached hydrogen (secondary N) is 1. The van der Waals surface area contributed by atoms with Crippen LogP contribution in [0.4, 0.5) is 15.8 Å². The smallest absolute Gasteiger partial charge is 0.264 e. The van der Waals surface area contributed by atoms with Gasteiger partial charge in [-0.1, -0.05) is 24.3 Å². The van der Waals surface area contributed by atoms with Crippen LogP contribution in [0.3, 0.4) is 0 Å². The van der Waals surface area contributed by atoms with Gasteiger partial charge in [-0.2, -0.15) is 0 Å². The first-order valence-corrected chi connectivity index (χ1v) is 11.9. The second-order valence-corrected chi connectivity index (χ2v) is 9.10. The zero-order valence-electron chi connectivity index (χ0n) is 16.9. The van der Waals surface area contributed by atoms with Crippen molar-refractivity contribution in [1.82, 2.24) is 0 Å². The number of nitrogens with zero attached hydrogens (tertiary/aromatic N) is 1. The molecule has 0 unspecified atom stereocenters. The van der Waals surface area contributed by atoms with Crippen LogP contribution in [0, 0.1) is 5.82 Å². The van der Waals surface area contributed by atoms with Crippen LogP contribution in [0.2, 0.25) is 0 Å². The van der Waals surface area contributed by atoms with E-state index in [1.807, 2.05) is 18.4 Å². The SMILES string of the molecule is COc1ccc(S(=O)(=O)N(CC(=O)Nc2ccccc2SC)c2ccccc2F)cc1. The Morgan fingerprint density at radius 1 is 1.03 bits per heavy atom. The Hall–Kier alpha value is -3.04. The number of carbonyl (C=O) groups is 1. The van der Waals surface area contributed by atoms with E-state index in [1.54, 1.807) is 12.1 Å². The third kappa shape index (κ3) is 5.18. The van der Waals surface area contributed by atoms with Gasteiger partial charge in [0.2, 0.25) is 5.91 Å². The molecule has 1 amide bonds. The minimum atomic E-state index is -4.23. The number of hydrogen-bond acceptors (Lipinski definition) is 5. The second kappa shape index (κ2) is 9.84. The lowest BCUT2D eigenvalue weighted by molar-refractivity contribution is -0.114. The van der Waals surface area contributed by atoms with Crippen LogP contribution >= 0.6 is 11.8 Å². The van der Waals surface area contributed by atoms with Crippen molar-refractivity contribution in [3.63, 3.8) is 0 Å². The van der Waals surface area contributed by atoms with Crippen LogP contribution in [0.25, 0.3) is 0 Å². The van der Waals surface area contributed by atoms with E-state index in [2.05, 4.69) is 5.32 Å². The van der Waals surface area contributed by atoms with Crippen LogP contribution in [0.5, 0.6) is 5.75 Å². The maximum Gasteiger partial charge on any atom is 0.264 e. The summed E-state index contributed by atoms with van der Waals surface area (Å²) in [4.78, 5) is 13.5. The Balaban J connectivity index is 1.97. The normalized spacial score (nSPS) is 11.1. The van der Waals surface area contributed by atoms with Gasteiger partial charge in [-0.3, -0.25) is 9.10 Å². The summed E-state index contributed by atoms with van der Waals surface area (Å²) in [6.45, 7) is -0.599. The lowest BCUT2D eigenvalue weighted by Crippen LogP contribution is -2.38. The maximum absolute atomic E-state index is 14.5. The number of anilines is 2. The first-order chi connectivity index (χ1) is 14.9. The molecule has 3 rings (SSSR count). The summed E-state index contributed by atoms with van der Waals surface area (Å²) >= 11 is 1.44. The molecule has 6 nitrogen and oxygen atoms in total. The number of halogens is 1. The molecule has 9 heteroatoms. The van der Waals surface area contributed by atoms with Crippen molar-refractivity contribution in [2.45, 2.75) is 9.79 Å². The largest absolute Gasteiger partial charge is 0.497 e. The molecule has 0 saturated carbocycles. The summed E-state index contributed by atoms with van der Waals surface area (Å²) in [5.74, 6) is -0.874. The van der Waals surface area contributed by atoms with Crippen LogP contribution < -0.4 is 14.4 Å². The Morgan fingerprint density at radius 2 is 1.68 bits per heavy atom. The van der Waals surface area contributed by atoms with E-state index in [-0.39, 0.29) is 10.6 Å². The summed E-state index contributed by atoms with van der Waals surface area (Å²) in [5, 5.41) is 2.71. The van der Waals surface area contributed by atoms with Crippen molar-refractivity contribution < 1.29 is 22.3 Å². The molecule has 0 atom stereocenters. The van der Waals surface area contributed by atoms with Gasteiger partial charge in [0.1, 0.15) is 18.1 Å². The third-order valence-electron chi connectivity index (χ3n) is 4.44. The van der Waals surface area contributed by atoms with Crippen molar-refractivity contribution in [2.24, 2.45) is 0 Å². The fraction of sp³-hybridized carbons (Fsp3) is 0.136. The number of sulfonamides is 1. The number of thioether (sulfide) groups is 1. The van der Waals surface area contributed by atoms with Gasteiger partial charge >= 0.3 is 0 Å². The monoisotopic (exact) mass is 460 g/mol. The molecule has 1 N–H and O–H groups in total. The van der Waals surface area contributed by atoms with Crippen LogP contribution in [-0.4, -0.2) is 34.2 Å². The van der Waals surface area contributed by atoms with Gasteiger partial charge in [0, 0.05) is 4.90 Å². The molecule has 0 radical (unpaired) electrons. The van der Waals surface area contributed by atoms with Crippen molar-refractivity contribution in [3.8, 4) is 5.75 Å². The number of benzene rings is 3. The maximum atomic E-state index is 14.5. The van der Waals surface area contributed by atoms with Gasteiger partial charge < -0.3 is 10.1 Å². The summed E-state index contributed by atoms with van der Waals surface area (Å²) in [5.41, 5.74) is 0.335. The van der Waals surface area contributed by atoms with Gasteiger partial charge in [-0.15, -0.1) is 11.8 Å². The summed E-state index contributed by atoms with van der Waals surface area (Å²) in [7, 11) is -2.77. The van der Waals surface area contributed by atoms with Crippen molar-refractivity contribution in [2.75, 3.05) is 29.5 Å². The lowest BCUT2D eigenvalue weighted by atomic mass is 10.3. The van der Waals surface area contributed by atoms with Gasteiger partial charge in [0.15, 0.2) is 0 Å². The number of methoxy groups -OCH3 is 1. The minimum absolute atomic E-state index is 0.0890. The highest BCUT2D eigenvalue weighted by Gasteiger charge is 2.29. The molecule has 0 aromatic heterocycles. The van der Waals surface area contributed by atoms with Crippen LogP contribution in [0.15, 0.2) is 82.6 Å². The van der Waals surface area contributed by atoms with Crippen molar-refractivity contribution in [3.05, 3.63) is 78.6 Å². The number of amides is 1. The predicted octanol–water partition coefficient (Wildman–Crippen LogP) is 4.39. The minimum Gasteiger partial charge on any atom is -0.497 e. The van der Waals surface area contributed by atoms with Gasteiger partial charge in [0.05, 0.1) is 23.4 Å². The fourth-order valence-electron chi connectivity index (χ4n) is 2.90. The lowest BCUT2D eigenvalue weighted by Gasteiger charge is -2.24. The van der Waals surface area contributed by atoms with Gasteiger partial charge in [-0.05, 0) is 54.8 Å². The number of rotatable bonds is 8. The Kier molecular flexibility index (Phi) is 7.19. The van der Waals surface area contributed by atoms with E-state index in [0.717, 1.165) is 15.3 Å². The average Bonchev–Trinajstić information content (AvgIpc) is 2.78. The molecule has 0 aliphatic heterocycles. The van der Waals surface area contributed by atoms with Gasteiger partial charge in [-0.25, -0.2) is 12.8 Å². The van der Waals surface area contributed by atoms with Gasteiger partial charge in [0.25, 0.3) is 10.0 Å². The summed E-state index contributed by atoms with van der Waals surface area (Å²) < 4.78 is 47.0. The topological polar surface area (TPSA) is 75.7 Å². The Labute approximate surface area is 185 Å². The molecule has 3 aromatic rings. The molecule has 31 heavy (non-hydrogen) atoms. The van der Waals surface area contributed by atoms with E-state index in [1.165, 1.54) is 61.3 Å². The van der Waals surface area contributed by atoms with E-state index < -0.39 is 28.3 Å². The fourth-order valence-corrected chi connectivity index (χ4v) is 4.88. The molecular formula is C22H21FN2O4S2. The molecule has 0 bridgehead atoms. The quantitative estimate of drug-likeness (QED) is 0.505. The molecule has 0 fully saturated rings. The third-order valence-corrected chi connectivity index (χ3v) is 7.01. The summed E-state index contributed by atoms with van der Waals surface area (Å²) in [6, 6.07) is 18.2. The summed E-state index contributed by atoms with van der Waals surface area (Å²) in [6.07, 6.45) is 1.87. The Morgan fingerprint density at radius 3 is 2.32 bits per heavy atom. The molecule has 0 heterocycles. The molecule has 0 spiro atoms. The highest BCUT2D eigenvalue weighted by atomic mass is 32.2. The Bertz CT molecular complexity index is 1170. The van der Waals surface area contributed by atoms with Crippen LogP contribution in [-0.2, 0) is 14.8 Å². The second-order valence-electron chi connectivity index (χ2n) is 6.39. The molecule has 3 aromatic carbocycles. The number of ether oxygens (including phenoxy) is 1. The first-order valence-electron chi connectivity index (χ1n) is 9.21. The van der Waals surface area contributed by atoms with Crippen LogP contribution in [0.1, 0.15) is 0 Å². The first kappa shape index (κ1) is 22.6. The number of para-hydroxylation sites is 2.